The van der Waals surface area contributed by atoms with Crippen molar-refractivity contribution in [3.63, 3.8) is 0 Å². The van der Waals surface area contributed by atoms with Crippen molar-refractivity contribution in [2.24, 2.45) is 0 Å². The van der Waals surface area contributed by atoms with E-state index in [4.69, 9.17) is 11.6 Å². The number of fused-ring (bicyclic) bond motifs is 2. The zero-order valence-corrected chi connectivity index (χ0v) is 13.7. The summed E-state index contributed by atoms with van der Waals surface area (Å²) in [6.45, 7) is 1.99. The number of carbonyl (C=O) groups excluding carboxylic acids is 2. The molecule has 0 radical (unpaired) electrons. The van der Waals surface area contributed by atoms with Crippen LogP contribution in [0.5, 0.6) is 0 Å². The number of hydrogen-bond donors (Lipinski definition) is 0. The number of anilines is 1. The molecular weight excluding hydrogens is 324 g/mol. The highest BCUT2D eigenvalue weighted by Crippen LogP contribution is 2.31. The average molecular weight is 337 g/mol. The minimum Gasteiger partial charge on any atom is -0.268 e. The average Bonchev–Trinajstić information content (AvgIpc) is 2.85. The molecule has 0 bridgehead atoms. The molecule has 2 amide bonds. The van der Waals surface area contributed by atoms with Crippen LogP contribution >= 0.6 is 11.6 Å². The second-order valence-electron chi connectivity index (χ2n) is 5.76. The van der Waals surface area contributed by atoms with Crippen LogP contribution in [0, 0.1) is 6.92 Å². The van der Waals surface area contributed by atoms with Crippen LogP contribution in [0.2, 0.25) is 0 Å². The van der Waals surface area contributed by atoms with Crippen molar-refractivity contribution in [3.05, 3.63) is 70.9 Å². The molecule has 0 spiro atoms. The zero-order chi connectivity index (χ0) is 16.8. The third kappa shape index (κ3) is 2.11. The van der Waals surface area contributed by atoms with Gasteiger partial charge in [0, 0.05) is 5.39 Å². The second-order valence-corrected chi connectivity index (χ2v) is 6.02. The minimum atomic E-state index is -0.305. The second kappa shape index (κ2) is 5.42. The molecule has 5 heteroatoms. The summed E-state index contributed by atoms with van der Waals surface area (Å²) in [4.78, 5) is 30.9. The maximum atomic E-state index is 12.6. The number of alkyl halides is 1. The summed E-state index contributed by atoms with van der Waals surface area (Å²) >= 11 is 5.89. The summed E-state index contributed by atoms with van der Waals surface area (Å²) in [6, 6.07) is 14.2. The highest BCUT2D eigenvalue weighted by molar-refractivity contribution is 6.34. The van der Waals surface area contributed by atoms with Crippen LogP contribution in [0.4, 0.5) is 5.69 Å². The normalized spacial score (nSPS) is 13.7. The smallest absolute Gasteiger partial charge is 0.266 e. The Bertz CT molecular complexity index is 978. The van der Waals surface area contributed by atoms with Crippen molar-refractivity contribution in [2.45, 2.75) is 12.8 Å². The van der Waals surface area contributed by atoms with Crippen molar-refractivity contribution >= 4 is 40.0 Å². The molecule has 0 saturated heterocycles. The van der Waals surface area contributed by atoms with Gasteiger partial charge in [0.15, 0.2) is 0 Å². The summed E-state index contributed by atoms with van der Waals surface area (Å²) in [5, 5.41) is 0.976. The molecule has 2 heterocycles. The summed E-state index contributed by atoms with van der Waals surface area (Å²) < 4.78 is 0. The number of carbonyl (C=O) groups is 2. The molecule has 2 aromatic carbocycles. The third-order valence-electron chi connectivity index (χ3n) is 4.24. The molecule has 0 atom stereocenters. The van der Waals surface area contributed by atoms with Crippen LogP contribution in [0.15, 0.2) is 48.5 Å². The lowest BCUT2D eigenvalue weighted by Gasteiger charge is -2.15. The van der Waals surface area contributed by atoms with Crippen LogP contribution in [-0.4, -0.2) is 16.8 Å². The van der Waals surface area contributed by atoms with E-state index in [1.165, 1.54) is 4.90 Å². The van der Waals surface area contributed by atoms with E-state index in [2.05, 4.69) is 4.98 Å². The number of imide groups is 1. The number of amides is 2. The van der Waals surface area contributed by atoms with Gasteiger partial charge in [0.25, 0.3) is 11.8 Å². The molecule has 1 aromatic heterocycles. The molecule has 0 unspecified atom stereocenters. The van der Waals surface area contributed by atoms with Gasteiger partial charge in [-0.25, -0.2) is 4.90 Å². The molecule has 118 valence electrons. The largest absolute Gasteiger partial charge is 0.268 e. The Balaban J connectivity index is 1.86. The Morgan fingerprint density at radius 1 is 1.00 bits per heavy atom. The lowest BCUT2D eigenvalue weighted by atomic mass is 10.1. The van der Waals surface area contributed by atoms with Crippen molar-refractivity contribution in [2.75, 3.05) is 4.90 Å². The molecule has 0 saturated carbocycles. The molecular formula is C19H13ClN2O2. The third-order valence-corrected chi connectivity index (χ3v) is 4.52. The number of hydrogen-bond acceptors (Lipinski definition) is 3. The van der Waals surface area contributed by atoms with Gasteiger partial charge in [-0.05, 0) is 42.8 Å². The topological polar surface area (TPSA) is 50.3 Å². The van der Waals surface area contributed by atoms with Crippen molar-refractivity contribution in [1.82, 2.24) is 4.98 Å². The molecule has 4 nitrogen and oxygen atoms in total. The van der Waals surface area contributed by atoms with Gasteiger partial charge in [0.05, 0.1) is 33.9 Å². The van der Waals surface area contributed by atoms with E-state index in [0.717, 1.165) is 22.2 Å². The van der Waals surface area contributed by atoms with E-state index in [0.29, 0.717) is 22.7 Å². The first kappa shape index (κ1) is 14.8. The van der Waals surface area contributed by atoms with Crippen molar-refractivity contribution in [3.8, 4) is 0 Å². The first-order valence-electron chi connectivity index (χ1n) is 7.54. The maximum Gasteiger partial charge on any atom is 0.266 e. The van der Waals surface area contributed by atoms with Gasteiger partial charge in [-0.15, -0.1) is 11.6 Å². The van der Waals surface area contributed by atoms with Gasteiger partial charge in [-0.3, -0.25) is 14.6 Å². The van der Waals surface area contributed by atoms with Crippen LogP contribution in [0.25, 0.3) is 10.9 Å². The SMILES string of the molecule is Cc1cc(CCl)nc2cc(N3C(=O)c4ccccc4C3=O)ccc12. The summed E-state index contributed by atoms with van der Waals surface area (Å²) in [6.07, 6.45) is 0. The van der Waals surface area contributed by atoms with E-state index >= 15 is 0 Å². The monoisotopic (exact) mass is 336 g/mol. The lowest BCUT2D eigenvalue weighted by molar-refractivity contribution is 0.0926. The highest BCUT2D eigenvalue weighted by Gasteiger charge is 2.36. The number of pyridine rings is 1. The van der Waals surface area contributed by atoms with Gasteiger partial charge < -0.3 is 0 Å². The molecule has 0 aliphatic carbocycles. The van der Waals surface area contributed by atoms with E-state index in [1.807, 2.05) is 19.1 Å². The molecule has 3 aromatic rings. The predicted molar refractivity (Wildman–Crippen MR) is 93.6 cm³/mol. The number of aryl methyl sites for hydroxylation is 1. The quantitative estimate of drug-likeness (QED) is 0.523. The van der Waals surface area contributed by atoms with Gasteiger partial charge >= 0.3 is 0 Å². The fourth-order valence-electron chi connectivity index (χ4n) is 3.09. The molecule has 4 rings (SSSR count). The highest BCUT2D eigenvalue weighted by atomic mass is 35.5. The van der Waals surface area contributed by atoms with Crippen LogP contribution in [0.3, 0.4) is 0 Å². The number of halogens is 1. The Hall–Kier alpha value is -2.72. The van der Waals surface area contributed by atoms with Crippen LogP contribution in [0.1, 0.15) is 32.0 Å². The molecule has 1 aliphatic heterocycles. The van der Waals surface area contributed by atoms with E-state index < -0.39 is 0 Å². The van der Waals surface area contributed by atoms with Crippen LogP contribution < -0.4 is 4.90 Å². The van der Waals surface area contributed by atoms with Crippen molar-refractivity contribution < 1.29 is 9.59 Å². The Morgan fingerprint density at radius 2 is 1.67 bits per heavy atom. The van der Waals surface area contributed by atoms with E-state index in [-0.39, 0.29) is 11.8 Å². The van der Waals surface area contributed by atoms with Crippen molar-refractivity contribution in [1.29, 1.82) is 0 Å². The first-order chi connectivity index (χ1) is 11.6. The van der Waals surface area contributed by atoms with E-state index in [1.54, 1.807) is 36.4 Å². The summed E-state index contributed by atoms with van der Waals surface area (Å²) in [5.74, 6) is -0.297. The molecule has 24 heavy (non-hydrogen) atoms. The van der Waals surface area contributed by atoms with Gasteiger partial charge in [0.2, 0.25) is 0 Å². The summed E-state index contributed by atoms with van der Waals surface area (Å²) in [5.41, 5.74) is 3.93. The summed E-state index contributed by atoms with van der Waals surface area (Å²) in [7, 11) is 0. The number of aromatic nitrogens is 1. The fraction of sp³-hybridized carbons (Fsp3) is 0.105. The van der Waals surface area contributed by atoms with Gasteiger partial charge in [-0.2, -0.15) is 0 Å². The van der Waals surface area contributed by atoms with E-state index in [9.17, 15) is 9.59 Å². The number of nitrogens with zero attached hydrogens (tertiary/aromatic N) is 2. The Kier molecular flexibility index (Phi) is 3.36. The molecule has 0 fully saturated rings. The standard InChI is InChI=1S/C19H13ClN2O2/c1-11-8-12(10-20)21-17-9-13(6-7-14(11)17)22-18(23)15-4-2-3-5-16(15)19(22)24/h2-9H,10H2,1H3. The molecule has 0 N–H and O–H groups in total. The number of rotatable bonds is 2. The fourth-order valence-corrected chi connectivity index (χ4v) is 3.23. The van der Waals surface area contributed by atoms with Crippen LogP contribution in [-0.2, 0) is 5.88 Å². The number of benzene rings is 2. The predicted octanol–water partition coefficient (Wildman–Crippen LogP) is 4.08. The van der Waals surface area contributed by atoms with Gasteiger partial charge in [0.1, 0.15) is 0 Å². The first-order valence-corrected chi connectivity index (χ1v) is 8.07. The zero-order valence-electron chi connectivity index (χ0n) is 12.9. The van der Waals surface area contributed by atoms with Gasteiger partial charge in [-0.1, -0.05) is 18.2 Å². The Morgan fingerprint density at radius 3 is 2.29 bits per heavy atom. The Labute approximate surface area is 143 Å². The minimum absolute atomic E-state index is 0.305. The lowest BCUT2D eigenvalue weighted by Crippen LogP contribution is -2.29. The molecule has 1 aliphatic rings. The maximum absolute atomic E-state index is 12.6.